The van der Waals surface area contributed by atoms with Crippen molar-refractivity contribution < 1.29 is 4.74 Å². The average molecular weight is 202 g/mol. The molecule has 0 fully saturated rings. The van der Waals surface area contributed by atoms with Gasteiger partial charge >= 0.3 is 0 Å². The number of likely N-dealkylation sites (N-methyl/N-ethyl adjacent to an activating group) is 1. The van der Waals surface area contributed by atoms with E-state index in [1.165, 1.54) is 32.4 Å². The maximum atomic E-state index is 5.03. The Labute approximate surface area is 88.8 Å². The Balaban J connectivity index is 3.40. The van der Waals surface area contributed by atoms with Gasteiger partial charge in [-0.05, 0) is 39.4 Å². The molecule has 0 saturated carbocycles. The Hall–Kier alpha value is -0.120. The van der Waals surface area contributed by atoms with E-state index in [4.69, 9.17) is 4.74 Å². The number of hydrogen-bond acceptors (Lipinski definition) is 3. The van der Waals surface area contributed by atoms with Crippen LogP contribution in [-0.2, 0) is 4.74 Å². The average Bonchev–Trinajstić information content (AvgIpc) is 2.20. The van der Waals surface area contributed by atoms with Gasteiger partial charge < -0.3 is 15.0 Å². The Bertz CT molecular complexity index is 109. The molecule has 0 atom stereocenters. The summed E-state index contributed by atoms with van der Waals surface area (Å²) in [5.41, 5.74) is 0. The molecule has 3 nitrogen and oxygen atoms in total. The molecule has 0 radical (unpaired) electrons. The van der Waals surface area contributed by atoms with Crippen LogP contribution in [-0.4, -0.2) is 51.8 Å². The van der Waals surface area contributed by atoms with Crippen LogP contribution in [0.3, 0.4) is 0 Å². The molecule has 0 aromatic carbocycles. The van der Waals surface area contributed by atoms with Crippen molar-refractivity contribution in [2.75, 3.05) is 46.9 Å². The number of methoxy groups -OCH3 is 1. The van der Waals surface area contributed by atoms with Gasteiger partial charge in [0.15, 0.2) is 0 Å². The number of ether oxygens (including phenoxy) is 1. The predicted octanol–water partition coefficient (Wildman–Crippen LogP) is 1.34. The number of unbranched alkanes of at least 4 members (excludes halogenated alkanes) is 1. The topological polar surface area (TPSA) is 24.5 Å². The summed E-state index contributed by atoms with van der Waals surface area (Å²) in [5, 5.41) is 3.19. The molecule has 0 heterocycles. The maximum absolute atomic E-state index is 5.03. The molecule has 0 aromatic heterocycles. The van der Waals surface area contributed by atoms with Crippen molar-refractivity contribution >= 4 is 0 Å². The van der Waals surface area contributed by atoms with Gasteiger partial charge in [-0.2, -0.15) is 0 Å². The smallest absolute Gasteiger partial charge is 0.0462 e. The second-order valence-electron chi connectivity index (χ2n) is 3.65. The molecule has 0 aliphatic carbocycles. The van der Waals surface area contributed by atoms with Crippen LogP contribution in [0.5, 0.6) is 0 Å². The molecule has 0 aliphatic heterocycles. The van der Waals surface area contributed by atoms with E-state index in [0.29, 0.717) is 0 Å². The van der Waals surface area contributed by atoms with Gasteiger partial charge in [0.05, 0.1) is 0 Å². The minimum atomic E-state index is 0.895. The quantitative estimate of drug-likeness (QED) is 0.541. The third-order valence-electron chi connectivity index (χ3n) is 2.29. The summed E-state index contributed by atoms with van der Waals surface area (Å²) in [4.78, 5) is 2.52. The molecule has 1 N–H and O–H groups in total. The first-order chi connectivity index (χ1) is 6.85. The highest BCUT2D eigenvalue weighted by Gasteiger charge is 2.01. The molecular weight excluding hydrogens is 176 g/mol. The fourth-order valence-corrected chi connectivity index (χ4v) is 1.50. The highest BCUT2D eigenvalue weighted by Crippen LogP contribution is 1.96. The fourth-order valence-electron chi connectivity index (χ4n) is 1.50. The second kappa shape index (κ2) is 11.0. The van der Waals surface area contributed by atoms with Gasteiger partial charge in [-0.15, -0.1) is 0 Å². The largest absolute Gasteiger partial charge is 0.385 e. The predicted molar refractivity (Wildman–Crippen MR) is 61.8 cm³/mol. The van der Waals surface area contributed by atoms with Gasteiger partial charge in [0.2, 0.25) is 0 Å². The first kappa shape index (κ1) is 13.9. The Morgan fingerprint density at radius 1 is 1.14 bits per heavy atom. The lowest BCUT2D eigenvalue weighted by atomic mass is 10.3. The maximum Gasteiger partial charge on any atom is 0.0462 e. The molecular formula is C11H26N2O. The van der Waals surface area contributed by atoms with Crippen molar-refractivity contribution in [1.82, 2.24) is 10.2 Å². The van der Waals surface area contributed by atoms with Crippen LogP contribution in [0.25, 0.3) is 0 Å². The van der Waals surface area contributed by atoms with Gasteiger partial charge in [-0.3, -0.25) is 0 Å². The highest BCUT2D eigenvalue weighted by molar-refractivity contribution is 4.58. The monoisotopic (exact) mass is 202 g/mol. The summed E-state index contributed by atoms with van der Waals surface area (Å²) in [6.07, 6.45) is 3.67. The minimum absolute atomic E-state index is 0.895. The van der Waals surface area contributed by atoms with Crippen LogP contribution in [0.4, 0.5) is 0 Å². The standard InChI is InChI=1S/C11H26N2O/c1-4-8-13(10-7-12-2)9-5-6-11-14-3/h12H,4-11H2,1-3H3. The number of nitrogens with one attached hydrogen (secondary N) is 1. The summed E-state index contributed by atoms with van der Waals surface area (Å²) in [6.45, 7) is 7.81. The first-order valence-electron chi connectivity index (χ1n) is 5.71. The molecule has 0 bridgehead atoms. The molecule has 0 saturated heterocycles. The van der Waals surface area contributed by atoms with Crippen LogP contribution < -0.4 is 5.32 Å². The summed E-state index contributed by atoms with van der Waals surface area (Å²) in [5.74, 6) is 0. The van der Waals surface area contributed by atoms with Crippen molar-refractivity contribution in [2.24, 2.45) is 0 Å². The summed E-state index contributed by atoms with van der Waals surface area (Å²) >= 11 is 0. The second-order valence-corrected chi connectivity index (χ2v) is 3.65. The van der Waals surface area contributed by atoms with Crippen LogP contribution >= 0.6 is 0 Å². The van der Waals surface area contributed by atoms with E-state index in [1.54, 1.807) is 7.11 Å². The van der Waals surface area contributed by atoms with E-state index >= 15 is 0 Å². The van der Waals surface area contributed by atoms with Crippen molar-refractivity contribution in [2.45, 2.75) is 26.2 Å². The van der Waals surface area contributed by atoms with Gasteiger partial charge in [0.1, 0.15) is 0 Å². The third kappa shape index (κ3) is 8.48. The summed E-state index contributed by atoms with van der Waals surface area (Å²) in [7, 11) is 3.78. The molecule has 0 rings (SSSR count). The van der Waals surface area contributed by atoms with Crippen molar-refractivity contribution in [3.05, 3.63) is 0 Å². The van der Waals surface area contributed by atoms with Crippen molar-refractivity contribution in [1.29, 1.82) is 0 Å². The Morgan fingerprint density at radius 2 is 1.93 bits per heavy atom. The van der Waals surface area contributed by atoms with Crippen LogP contribution in [0.1, 0.15) is 26.2 Å². The number of hydrogen-bond donors (Lipinski definition) is 1. The minimum Gasteiger partial charge on any atom is -0.385 e. The zero-order valence-corrected chi connectivity index (χ0v) is 10.0. The Kier molecular flexibility index (Phi) is 10.9. The van der Waals surface area contributed by atoms with E-state index in [1.807, 2.05) is 7.05 Å². The zero-order valence-electron chi connectivity index (χ0n) is 10.0. The SMILES string of the molecule is CCCN(CCCCOC)CCNC. The normalized spacial score (nSPS) is 11.1. The molecule has 3 heteroatoms. The van der Waals surface area contributed by atoms with E-state index in [-0.39, 0.29) is 0 Å². The molecule has 0 aliphatic rings. The molecule has 86 valence electrons. The number of rotatable bonds is 10. The molecule has 0 aromatic rings. The highest BCUT2D eigenvalue weighted by atomic mass is 16.5. The van der Waals surface area contributed by atoms with E-state index in [0.717, 1.165) is 19.7 Å². The lowest BCUT2D eigenvalue weighted by Gasteiger charge is -2.21. The molecule has 0 amide bonds. The molecule has 14 heavy (non-hydrogen) atoms. The van der Waals surface area contributed by atoms with Crippen molar-refractivity contribution in [3.63, 3.8) is 0 Å². The van der Waals surface area contributed by atoms with Crippen LogP contribution in [0.2, 0.25) is 0 Å². The van der Waals surface area contributed by atoms with Crippen LogP contribution in [0, 0.1) is 0 Å². The van der Waals surface area contributed by atoms with Gasteiger partial charge in [-0.1, -0.05) is 6.92 Å². The summed E-state index contributed by atoms with van der Waals surface area (Å²) < 4.78 is 5.03. The lowest BCUT2D eigenvalue weighted by Crippen LogP contribution is -2.32. The van der Waals surface area contributed by atoms with Gasteiger partial charge in [-0.25, -0.2) is 0 Å². The van der Waals surface area contributed by atoms with E-state index < -0.39 is 0 Å². The molecule has 0 spiro atoms. The fraction of sp³-hybridized carbons (Fsp3) is 1.00. The van der Waals surface area contributed by atoms with Crippen molar-refractivity contribution in [3.8, 4) is 0 Å². The summed E-state index contributed by atoms with van der Waals surface area (Å²) in [6, 6.07) is 0. The van der Waals surface area contributed by atoms with Crippen LogP contribution in [0.15, 0.2) is 0 Å². The zero-order chi connectivity index (χ0) is 10.6. The van der Waals surface area contributed by atoms with E-state index in [9.17, 15) is 0 Å². The molecule has 0 unspecified atom stereocenters. The first-order valence-corrected chi connectivity index (χ1v) is 5.71. The van der Waals surface area contributed by atoms with Gasteiger partial charge in [0, 0.05) is 26.8 Å². The van der Waals surface area contributed by atoms with Gasteiger partial charge in [0.25, 0.3) is 0 Å². The number of nitrogens with zero attached hydrogens (tertiary/aromatic N) is 1. The van der Waals surface area contributed by atoms with E-state index in [2.05, 4.69) is 17.1 Å². The Morgan fingerprint density at radius 3 is 2.50 bits per heavy atom. The lowest BCUT2D eigenvalue weighted by molar-refractivity contribution is 0.184. The third-order valence-corrected chi connectivity index (χ3v) is 2.29.